The molecular formula is C34H54O18P3-3. The van der Waals surface area contributed by atoms with Crippen molar-refractivity contribution in [2.45, 2.75) is 164 Å². The molecule has 55 heavy (non-hydrogen) atoms. The third-order valence-electron chi connectivity index (χ3n) is 12.3. The fourth-order valence-electron chi connectivity index (χ4n) is 10.5. The van der Waals surface area contributed by atoms with Crippen LogP contribution >= 0.6 is 22.8 Å². The molecule has 8 aliphatic rings. The first kappa shape index (κ1) is 41.8. The lowest BCUT2D eigenvalue weighted by atomic mass is 9.89. The van der Waals surface area contributed by atoms with Gasteiger partial charge in [-0.15, -0.1) is 0 Å². The molecule has 8 fully saturated rings. The van der Waals surface area contributed by atoms with Crippen LogP contribution in [0.5, 0.6) is 0 Å². The smallest absolute Gasteiger partial charge is 0.138 e. The molecule has 8 bridgehead atoms. The molecule has 19 atom stereocenters. The molecule has 7 unspecified atom stereocenters. The second kappa shape index (κ2) is 14.1. The van der Waals surface area contributed by atoms with Crippen LogP contribution in [-0.2, 0) is 69.9 Å². The molecule has 8 aliphatic heterocycles. The fourth-order valence-corrected chi connectivity index (χ4v) is 15.7. The summed E-state index contributed by atoms with van der Waals surface area (Å²) in [6, 6.07) is 0. The molecule has 8 heterocycles. The van der Waals surface area contributed by atoms with E-state index in [0.29, 0.717) is 6.42 Å². The van der Waals surface area contributed by atoms with Gasteiger partial charge in [-0.05, 0) is 53.9 Å². The van der Waals surface area contributed by atoms with Gasteiger partial charge in [0.25, 0.3) is 0 Å². The van der Waals surface area contributed by atoms with Gasteiger partial charge in [0.1, 0.15) is 94.0 Å². The van der Waals surface area contributed by atoms with Crippen LogP contribution in [0.1, 0.15) is 61.8 Å². The molecule has 8 saturated heterocycles. The van der Waals surface area contributed by atoms with Crippen LogP contribution in [0, 0.1) is 5.92 Å². The van der Waals surface area contributed by atoms with E-state index in [1.807, 2.05) is 34.6 Å². The topological polar surface area (TPSA) is 231 Å². The molecule has 21 heteroatoms. The fraction of sp³-hybridized carbons (Fsp3) is 1.00. The standard InChI is InChI=1S/C34H57O18P3/c1-17(2)9-31-10-41-24(20(6)46-31)28(31)50-54(37,38)15-33-12-43-26(22(8)48-33)30(33)52-55(39,40)16-34-13-44-25(21(7)49-34)29(34)51-53(35,36)14-32-11-42-23(19(5)47-32)27(32)45-18(3)4/h17-30H,9-16H2,1-8H3,(H,35,36)(H,37,38)(H,39,40)/p-3/t19-,20-,21-,22-,23+,24+,25+,26+,27?,28?,29?,30?,31-,32+,33+,34+/m0/s1. The highest BCUT2D eigenvalue weighted by Gasteiger charge is 2.68. The average Bonchev–Trinajstić information content (AvgIpc) is 3.88. The zero-order valence-corrected chi connectivity index (χ0v) is 35.1. The van der Waals surface area contributed by atoms with Crippen LogP contribution in [-0.4, -0.2) is 147 Å². The van der Waals surface area contributed by atoms with Gasteiger partial charge in [0.15, 0.2) is 0 Å². The van der Waals surface area contributed by atoms with Gasteiger partial charge in [0.05, 0.1) is 56.9 Å². The zero-order valence-electron chi connectivity index (χ0n) is 32.4. The summed E-state index contributed by atoms with van der Waals surface area (Å²) in [5, 5.41) is 0. The largest absolute Gasteiger partial charge is 0.778 e. The van der Waals surface area contributed by atoms with Crippen molar-refractivity contribution in [3.05, 3.63) is 0 Å². The molecule has 0 saturated carbocycles. The summed E-state index contributed by atoms with van der Waals surface area (Å²) in [6.07, 6.45) is -11.2. The van der Waals surface area contributed by atoms with Crippen LogP contribution in [0.3, 0.4) is 0 Å². The quantitative estimate of drug-likeness (QED) is 0.196. The summed E-state index contributed by atoms with van der Waals surface area (Å²) in [4.78, 5) is 41.8. The number of ether oxygens (including phenoxy) is 9. The molecule has 0 amide bonds. The molecule has 0 N–H and O–H groups in total. The first-order chi connectivity index (χ1) is 25.5. The van der Waals surface area contributed by atoms with Gasteiger partial charge in [0.2, 0.25) is 0 Å². The van der Waals surface area contributed by atoms with Crippen molar-refractivity contribution >= 4 is 22.8 Å². The molecule has 0 radical (unpaired) electrons. The lowest BCUT2D eigenvalue weighted by molar-refractivity contribution is -0.221. The highest BCUT2D eigenvalue weighted by atomic mass is 31.2. The Labute approximate surface area is 321 Å². The van der Waals surface area contributed by atoms with E-state index in [1.165, 1.54) is 0 Å². The Morgan fingerprint density at radius 1 is 0.527 bits per heavy atom. The third-order valence-corrected chi connectivity index (χ3v) is 16.7. The molecule has 0 aromatic carbocycles. The summed E-state index contributed by atoms with van der Waals surface area (Å²) in [7, 11) is -14.6. The maximum atomic E-state index is 14.1. The molecule has 8 rings (SSSR count). The Hall–Kier alpha value is 0.0900. The van der Waals surface area contributed by atoms with Crippen LogP contribution < -0.4 is 14.7 Å². The molecule has 0 spiro atoms. The SMILES string of the molecule is CC(C)C[C@]12CO[C@@H](C1OP(=O)([O-])C[C@]13CO[C@@H](C1OP(=O)([O-])C[C@]14CO[C@@H](C1OP(=O)([O-])C[C@]15CO[C@@H](C1OC(C)C)[C@H](C)O5)[C@H](C)O4)[C@H](C)O3)[C@H](C)O2. The number of rotatable bonds is 16. The molecule has 0 aromatic heterocycles. The molecule has 18 nitrogen and oxygen atoms in total. The van der Waals surface area contributed by atoms with Gasteiger partial charge in [-0.1, -0.05) is 13.8 Å². The van der Waals surface area contributed by atoms with E-state index in [9.17, 15) is 28.4 Å². The predicted octanol–water partition coefficient (Wildman–Crippen LogP) is 0.867. The van der Waals surface area contributed by atoms with Crippen molar-refractivity contribution in [2.75, 3.05) is 44.9 Å². The molecular weight excluding hydrogens is 789 g/mol. The van der Waals surface area contributed by atoms with E-state index in [-0.39, 0.29) is 44.6 Å². The van der Waals surface area contributed by atoms with E-state index in [2.05, 4.69) is 0 Å². The maximum Gasteiger partial charge on any atom is 0.138 e. The Bertz CT molecular complexity index is 1630. The van der Waals surface area contributed by atoms with E-state index in [4.69, 9.17) is 56.2 Å². The minimum absolute atomic E-state index is 0.0177. The Morgan fingerprint density at radius 3 is 1.15 bits per heavy atom. The monoisotopic (exact) mass is 843 g/mol. The van der Waals surface area contributed by atoms with Crippen LogP contribution in [0.4, 0.5) is 0 Å². The highest BCUT2D eigenvalue weighted by Crippen LogP contribution is 2.61. The Morgan fingerprint density at radius 2 is 0.818 bits per heavy atom. The summed E-state index contributed by atoms with van der Waals surface area (Å²) >= 11 is 0. The van der Waals surface area contributed by atoms with Crippen LogP contribution in [0.15, 0.2) is 0 Å². The number of hydrogen-bond acceptors (Lipinski definition) is 18. The Kier molecular flexibility index (Phi) is 10.7. The highest BCUT2D eigenvalue weighted by molar-refractivity contribution is 7.52. The van der Waals surface area contributed by atoms with Gasteiger partial charge >= 0.3 is 0 Å². The summed E-state index contributed by atoms with van der Waals surface area (Å²) < 4.78 is 114. The maximum absolute atomic E-state index is 14.1. The van der Waals surface area contributed by atoms with Crippen molar-refractivity contribution < 1.29 is 84.6 Å². The van der Waals surface area contributed by atoms with Crippen molar-refractivity contribution in [1.82, 2.24) is 0 Å². The normalized spacial score (nSPS) is 51.4. The molecule has 0 aromatic rings. The van der Waals surface area contributed by atoms with Gasteiger partial charge in [-0.25, -0.2) is 0 Å². The van der Waals surface area contributed by atoms with Crippen LogP contribution in [0.25, 0.3) is 0 Å². The van der Waals surface area contributed by atoms with E-state index in [1.54, 1.807) is 20.8 Å². The molecule has 316 valence electrons. The minimum atomic E-state index is -5.02. The van der Waals surface area contributed by atoms with Gasteiger partial charge in [0, 0.05) is 18.5 Å². The van der Waals surface area contributed by atoms with Gasteiger partial charge in [-0.3, -0.25) is 0 Å². The summed E-state index contributed by atoms with van der Waals surface area (Å²) in [5.41, 5.74) is -5.74. The van der Waals surface area contributed by atoms with Crippen molar-refractivity contribution in [1.29, 1.82) is 0 Å². The second-order valence-electron chi connectivity index (χ2n) is 17.7. The molecule has 0 aliphatic carbocycles. The van der Waals surface area contributed by atoms with Crippen molar-refractivity contribution in [3.63, 3.8) is 0 Å². The lowest BCUT2D eigenvalue weighted by Gasteiger charge is -2.42. The van der Waals surface area contributed by atoms with E-state index < -0.39 is 131 Å². The summed E-state index contributed by atoms with van der Waals surface area (Å²) in [6.45, 7) is 14.2. The first-order valence-corrected chi connectivity index (χ1v) is 24.5. The van der Waals surface area contributed by atoms with Crippen molar-refractivity contribution in [3.8, 4) is 0 Å². The van der Waals surface area contributed by atoms with Gasteiger partial charge < -0.3 is 84.6 Å². The van der Waals surface area contributed by atoms with E-state index >= 15 is 0 Å². The predicted molar refractivity (Wildman–Crippen MR) is 184 cm³/mol. The van der Waals surface area contributed by atoms with Crippen LogP contribution in [0.2, 0.25) is 0 Å². The van der Waals surface area contributed by atoms with Gasteiger partial charge in [-0.2, -0.15) is 0 Å². The van der Waals surface area contributed by atoms with Crippen molar-refractivity contribution in [2.24, 2.45) is 5.92 Å². The second-order valence-corrected chi connectivity index (χ2v) is 23.0. The number of fused-ring (bicyclic) bond motifs is 8. The average molecular weight is 844 g/mol. The number of hydrogen-bond donors (Lipinski definition) is 0. The Balaban J connectivity index is 0.978. The van der Waals surface area contributed by atoms with E-state index in [0.717, 1.165) is 0 Å². The zero-order chi connectivity index (χ0) is 39.7. The first-order valence-electron chi connectivity index (χ1n) is 19.3. The third kappa shape index (κ3) is 7.27. The minimum Gasteiger partial charge on any atom is -0.778 e. The lowest BCUT2D eigenvalue weighted by Crippen LogP contribution is -2.51. The summed E-state index contributed by atoms with van der Waals surface area (Å²) in [5.74, 6) is 0.166.